The predicted octanol–water partition coefficient (Wildman–Crippen LogP) is 5.34. The highest BCUT2D eigenvalue weighted by Gasteiger charge is 2.32. The van der Waals surface area contributed by atoms with Crippen LogP contribution in [0.1, 0.15) is 13.3 Å². The Balaban J connectivity index is 1.75. The fourth-order valence-corrected chi connectivity index (χ4v) is 3.13. The third-order valence-corrected chi connectivity index (χ3v) is 5.53. The largest absolute Gasteiger partial charge is 0.493 e. The fraction of sp³-hybridized carbons (Fsp3) is 0.250. The first-order valence-electron chi connectivity index (χ1n) is 10.8. The average molecular weight is 497 g/mol. The summed E-state index contributed by atoms with van der Waals surface area (Å²) < 4.78 is 17.7. The molecule has 3 rings (SSSR count). The second-order valence-electron chi connectivity index (χ2n) is 7.97. The molecule has 12 heteroatoms. The molecule has 3 aromatic rings. The van der Waals surface area contributed by atoms with Crippen molar-refractivity contribution in [2.24, 2.45) is 5.41 Å². The van der Waals surface area contributed by atoms with E-state index < -0.39 is 20.2 Å². The first-order chi connectivity index (χ1) is 17.2. The average Bonchev–Trinajstić information content (AvgIpc) is 2.89. The van der Waals surface area contributed by atoms with Crippen LogP contribution in [0.2, 0.25) is 0 Å². The highest BCUT2D eigenvalue weighted by molar-refractivity contribution is 5.37. The third kappa shape index (κ3) is 6.88. The Kier molecular flexibility index (Phi) is 8.34. The van der Waals surface area contributed by atoms with Crippen LogP contribution in [0, 0.1) is 35.8 Å². The molecule has 188 valence electrons. The van der Waals surface area contributed by atoms with Crippen LogP contribution in [0.3, 0.4) is 0 Å². The van der Waals surface area contributed by atoms with Gasteiger partial charge in [0.25, 0.3) is 17.1 Å². The molecular weight excluding hydrogens is 474 g/mol. The first kappa shape index (κ1) is 25.9. The minimum absolute atomic E-state index is 0.0629. The van der Waals surface area contributed by atoms with Gasteiger partial charge in [-0.25, -0.2) is 0 Å². The van der Waals surface area contributed by atoms with Crippen molar-refractivity contribution in [3.05, 3.63) is 103 Å². The van der Waals surface area contributed by atoms with Gasteiger partial charge in [-0.15, -0.1) is 0 Å². The van der Waals surface area contributed by atoms with Crippen molar-refractivity contribution in [3.8, 4) is 17.2 Å². The number of hydrogen-bond acceptors (Lipinski definition) is 9. The van der Waals surface area contributed by atoms with E-state index in [0.29, 0.717) is 23.7 Å². The lowest BCUT2D eigenvalue weighted by molar-refractivity contribution is -0.385. The molecule has 0 bridgehead atoms. The normalized spacial score (nSPS) is 10.9. The van der Waals surface area contributed by atoms with Crippen molar-refractivity contribution < 1.29 is 29.0 Å². The van der Waals surface area contributed by atoms with Crippen LogP contribution < -0.4 is 14.2 Å². The summed E-state index contributed by atoms with van der Waals surface area (Å²) in [4.78, 5) is 31.2. The summed E-state index contributed by atoms with van der Waals surface area (Å²) in [6.45, 7) is 2.29. The van der Waals surface area contributed by atoms with E-state index in [1.807, 2.05) is 6.92 Å². The van der Waals surface area contributed by atoms with Crippen LogP contribution in [0.15, 0.2) is 72.8 Å². The van der Waals surface area contributed by atoms with Crippen molar-refractivity contribution in [2.45, 2.75) is 13.3 Å². The number of nitro benzene ring substituents is 3. The summed E-state index contributed by atoms with van der Waals surface area (Å²) in [6, 6.07) is 17.0. The maximum atomic E-state index is 10.9. The molecule has 0 saturated heterocycles. The summed E-state index contributed by atoms with van der Waals surface area (Å²) in [5.74, 6) is 1.26. The van der Waals surface area contributed by atoms with Crippen molar-refractivity contribution >= 4 is 17.1 Å². The molecule has 0 spiro atoms. The molecule has 36 heavy (non-hydrogen) atoms. The first-order valence-corrected chi connectivity index (χ1v) is 10.8. The van der Waals surface area contributed by atoms with Gasteiger partial charge in [-0.1, -0.05) is 6.92 Å². The van der Waals surface area contributed by atoms with Crippen molar-refractivity contribution in [3.63, 3.8) is 0 Å². The van der Waals surface area contributed by atoms with E-state index in [1.165, 1.54) is 72.8 Å². The lowest BCUT2D eigenvalue weighted by atomic mass is 9.88. The molecule has 0 unspecified atom stereocenters. The third-order valence-electron chi connectivity index (χ3n) is 5.53. The molecule has 0 heterocycles. The second kappa shape index (κ2) is 11.6. The molecule has 0 aromatic heterocycles. The van der Waals surface area contributed by atoms with Gasteiger partial charge in [0.05, 0.1) is 20.2 Å². The van der Waals surface area contributed by atoms with Gasteiger partial charge in [0.2, 0.25) is 0 Å². The molecule has 0 N–H and O–H groups in total. The summed E-state index contributed by atoms with van der Waals surface area (Å²) in [5.41, 5.74) is -0.892. The summed E-state index contributed by atoms with van der Waals surface area (Å²) in [5, 5.41) is 32.7. The quantitative estimate of drug-likeness (QED) is 0.224. The zero-order valence-electron chi connectivity index (χ0n) is 19.3. The van der Waals surface area contributed by atoms with Crippen LogP contribution >= 0.6 is 0 Å². The number of benzene rings is 3. The Morgan fingerprint density at radius 3 is 1.00 bits per heavy atom. The Morgan fingerprint density at radius 2 is 0.806 bits per heavy atom. The maximum absolute atomic E-state index is 10.9. The van der Waals surface area contributed by atoms with E-state index in [2.05, 4.69) is 0 Å². The number of nitro groups is 3. The maximum Gasteiger partial charge on any atom is 0.269 e. The van der Waals surface area contributed by atoms with Crippen LogP contribution in [0.5, 0.6) is 17.2 Å². The zero-order valence-corrected chi connectivity index (χ0v) is 19.3. The van der Waals surface area contributed by atoms with Gasteiger partial charge < -0.3 is 14.2 Å². The predicted molar refractivity (Wildman–Crippen MR) is 128 cm³/mol. The summed E-state index contributed by atoms with van der Waals surface area (Å²) in [7, 11) is 0. The monoisotopic (exact) mass is 497 g/mol. The van der Waals surface area contributed by atoms with Gasteiger partial charge in [0.15, 0.2) is 0 Å². The molecule has 0 aliphatic heterocycles. The summed E-state index contributed by atoms with van der Waals surface area (Å²) >= 11 is 0. The van der Waals surface area contributed by atoms with Gasteiger partial charge in [-0.05, 0) is 42.8 Å². The van der Waals surface area contributed by atoms with Crippen LogP contribution in [-0.4, -0.2) is 34.6 Å². The van der Waals surface area contributed by atoms with Gasteiger partial charge in [-0.3, -0.25) is 30.3 Å². The molecule has 0 aliphatic carbocycles. The van der Waals surface area contributed by atoms with Crippen LogP contribution in [0.4, 0.5) is 17.1 Å². The number of non-ortho nitro benzene ring substituents is 3. The van der Waals surface area contributed by atoms with Crippen molar-refractivity contribution in [1.29, 1.82) is 0 Å². The molecule has 0 atom stereocenters. The minimum Gasteiger partial charge on any atom is -0.493 e. The number of ether oxygens (including phenoxy) is 3. The highest BCUT2D eigenvalue weighted by Crippen LogP contribution is 2.29. The van der Waals surface area contributed by atoms with Gasteiger partial charge in [0, 0.05) is 36.4 Å². The van der Waals surface area contributed by atoms with Crippen LogP contribution in [0.25, 0.3) is 0 Å². The molecule has 12 nitrogen and oxygen atoms in total. The van der Waals surface area contributed by atoms with Gasteiger partial charge in [0.1, 0.15) is 37.1 Å². The Labute approximate surface area is 205 Å². The van der Waals surface area contributed by atoms with Gasteiger partial charge in [-0.2, -0.15) is 0 Å². The molecule has 3 aromatic carbocycles. The molecule has 0 amide bonds. The summed E-state index contributed by atoms with van der Waals surface area (Å²) in [6.07, 6.45) is 0.542. The number of nitrogens with zero attached hydrogens (tertiary/aromatic N) is 3. The number of rotatable bonds is 13. The van der Waals surface area contributed by atoms with E-state index >= 15 is 0 Å². The Bertz CT molecular complexity index is 1050. The standard InChI is InChI=1S/C24H23N3O9/c1-2-24(15-34-21-9-3-18(4-10-21)25(28)29,16-35-22-11-5-19(6-12-22)26(30)31)17-36-23-13-7-20(8-14-23)27(32)33/h3-14H,2,15-17H2,1H3. The van der Waals surface area contributed by atoms with E-state index in [4.69, 9.17) is 14.2 Å². The van der Waals surface area contributed by atoms with Crippen molar-refractivity contribution in [1.82, 2.24) is 0 Å². The van der Waals surface area contributed by atoms with Crippen LogP contribution in [-0.2, 0) is 0 Å². The Morgan fingerprint density at radius 1 is 0.556 bits per heavy atom. The molecule has 0 radical (unpaired) electrons. The fourth-order valence-electron chi connectivity index (χ4n) is 3.13. The second-order valence-corrected chi connectivity index (χ2v) is 7.97. The van der Waals surface area contributed by atoms with E-state index in [0.717, 1.165) is 0 Å². The lowest BCUT2D eigenvalue weighted by Crippen LogP contribution is -2.40. The molecule has 0 aliphatic rings. The van der Waals surface area contributed by atoms with E-state index in [1.54, 1.807) is 0 Å². The van der Waals surface area contributed by atoms with Gasteiger partial charge >= 0.3 is 0 Å². The molecule has 0 fully saturated rings. The SMILES string of the molecule is CCC(COc1ccc([N+](=O)[O-])cc1)(COc1ccc([N+](=O)[O-])cc1)COc1ccc([N+](=O)[O-])cc1. The van der Waals surface area contributed by atoms with E-state index in [9.17, 15) is 30.3 Å². The molecule has 0 saturated carbocycles. The zero-order chi connectivity index (χ0) is 26.1. The van der Waals surface area contributed by atoms with E-state index in [-0.39, 0.29) is 36.9 Å². The Hall–Kier alpha value is -4.74. The smallest absolute Gasteiger partial charge is 0.269 e. The minimum atomic E-state index is -0.703. The lowest BCUT2D eigenvalue weighted by Gasteiger charge is -2.32. The molecular formula is C24H23N3O9. The van der Waals surface area contributed by atoms with Crippen molar-refractivity contribution in [2.75, 3.05) is 19.8 Å². The topological polar surface area (TPSA) is 157 Å². The highest BCUT2D eigenvalue weighted by atomic mass is 16.6. The number of hydrogen-bond donors (Lipinski definition) is 0.